The number of ketones is 1. The van der Waals surface area contributed by atoms with Crippen LogP contribution in [0, 0.1) is 13.8 Å². The number of benzene rings is 3. The molecule has 0 aromatic heterocycles. The lowest BCUT2D eigenvalue weighted by Crippen LogP contribution is -2.30. The molecule has 6 nitrogen and oxygen atoms in total. The van der Waals surface area contributed by atoms with Crippen LogP contribution in [-0.2, 0) is 9.59 Å². The molecule has 6 heteroatoms. The maximum Gasteiger partial charge on any atom is 0.300 e. The second kappa shape index (κ2) is 12.0. The van der Waals surface area contributed by atoms with Crippen molar-refractivity contribution in [1.29, 1.82) is 0 Å². The molecular formula is C34H40N2O4. The molecule has 1 N–H and O–H groups in total. The van der Waals surface area contributed by atoms with Crippen LogP contribution in [0.5, 0.6) is 5.75 Å². The Morgan fingerprint density at radius 1 is 0.950 bits per heavy atom. The zero-order valence-corrected chi connectivity index (χ0v) is 24.6. The number of amides is 1. The Bertz CT molecular complexity index is 1430. The van der Waals surface area contributed by atoms with E-state index in [2.05, 4.69) is 32.6 Å². The molecule has 0 spiro atoms. The maximum absolute atomic E-state index is 13.7. The van der Waals surface area contributed by atoms with Crippen LogP contribution in [0.4, 0.5) is 11.4 Å². The fourth-order valence-corrected chi connectivity index (χ4v) is 5.52. The van der Waals surface area contributed by atoms with Crippen molar-refractivity contribution in [2.24, 2.45) is 0 Å². The minimum Gasteiger partial charge on any atom is -0.507 e. The van der Waals surface area contributed by atoms with Crippen molar-refractivity contribution in [3.05, 3.63) is 94.1 Å². The maximum atomic E-state index is 13.7. The summed E-state index contributed by atoms with van der Waals surface area (Å²) in [5.74, 6) is -0.659. The summed E-state index contributed by atoms with van der Waals surface area (Å²) in [5.41, 5.74) is 5.91. The van der Waals surface area contributed by atoms with Crippen LogP contribution in [0.2, 0.25) is 0 Å². The first kappa shape index (κ1) is 28.9. The van der Waals surface area contributed by atoms with Crippen molar-refractivity contribution >= 4 is 28.8 Å². The van der Waals surface area contributed by atoms with Gasteiger partial charge in [-0.1, -0.05) is 43.7 Å². The summed E-state index contributed by atoms with van der Waals surface area (Å²) in [6.07, 6.45) is 0. The predicted molar refractivity (Wildman–Crippen MR) is 162 cm³/mol. The normalized spacial score (nSPS) is 16.6. The molecule has 1 aliphatic rings. The van der Waals surface area contributed by atoms with Gasteiger partial charge in [0, 0.05) is 30.0 Å². The monoisotopic (exact) mass is 540 g/mol. The number of rotatable bonds is 9. The Morgan fingerprint density at radius 2 is 1.62 bits per heavy atom. The third kappa shape index (κ3) is 5.35. The molecular weight excluding hydrogens is 500 g/mol. The van der Waals surface area contributed by atoms with Crippen molar-refractivity contribution in [2.75, 3.05) is 29.5 Å². The first-order valence-electron chi connectivity index (χ1n) is 14.1. The number of nitrogens with zero attached hydrogens (tertiary/aromatic N) is 2. The van der Waals surface area contributed by atoms with Crippen molar-refractivity contribution in [3.63, 3.8) is 0 Å². The van der Waals surface area contributed by atoms with E-state index in [1.165, 1.54) is 4.90 Å². The molecule has 1 aliphatic heterocycles. The number of hydrogen-bond donors (Lipinski definition) is 1. The highest BCUT2D eigenvalue weighted by Gasteiger charge is 2.47. The number of hydrogen-bond acceptors (Lipinski definition) is 5. The Kier molecular flexibility index (Phi) is 8.67. The van der Waals surface area contributed by atoms with E-state index < -0.39 is 17.7 Å². The first-order chi connectivity index (χ1) is 19.1. The lowest BCUT2D eigenvalue weighted by atomic mass is 9.92. The number of carbonyl (C=O) groups excluding carboxylic acids is 2. The van der Waals surface area contributed by atoms with Gasteiger partial charge in [-0.15, -0.1) is 0 Å². The average molecular weight is 541 g/mol. The molecule has 40 heavy (non-hydrogen) atoms. The molecule has 1 heterocycles. The van der Waals surface area contributed by atoms with Crippen molar-refractivity contribution in [1.82, 2.24) is 0 Å². The predicted octanol–water partition coefficient (Wildman–Crippen LogP) is 7.30. The molecule has 0 bridgehead atoms. The van der Waals surface area contributed by atoms with E-state index in [1.54, 1.807) is 6.07 Å². The number of carbonyl (C=O) groups is 2. The second-order valence-corrected chi connectivity index (χ2v) is 10.6. The Labute approximate surface area is 237 Å². The third-order valence-electron chi connectivity index (χ3n) is 7.60. The van der Waals surface area contributed by atoms with Gasteiger partial charge in [0.1, 0.15) is 11.5 Å². The summed E-state index contributed by atoms with van der Waals surface area (Å²) in [5, 5.41) is 11.7. The van der Waals surface area contributed by atoms with Crippen LogP contribution in [0.25, 0.3) is 5.76 Å². The summed E-state index contributed by atoms with van der Waals surface area (Å²) < 4.78 is 5.80. The zero-order chi connectivity index (χ0) is 29.1. The van der Waals surface area contributed by atoms with E-state index in [9.17, 15) is 14.7 Å². The van der Waals surface area contributed by atoms with Gasteiger partial charge in [0.2, 0.25) is 0 Å². The summed E-state index contributed by atoms with van der Waals surface area (Å²) in [6.45, 7) is 16.4. The van der Waals surface area contributed by atoms with Crippen LogP contribution < -0.4 is 14.5 Å². The standard InChI is InChI=1S/C34H40N2O4/c1-8-35(9-2)26-15-12-24(13-16-26)31-30(32(37)25-14-18-29(40-10-3)27(20-25)21(4)5)33(38)34(39)36(31)28-17-11-22(6)19-23(28)7/h11-21,31,37H,8-10H2,1-7H3/b32-30-. The quantitative estimate of drug-likeness (QED) is 0.175. The van der Waals surface area contributed by atoms with Crippen LogP contribution >= 0.6 is 0 Å². The van der Waals surface area contributed by atoms with Crippen molar-refractivity contribution in [2.45, 2.75) is 60.4 Å². The molecule has 1 unspecified atom stereocenters. The van der Waals surface area contributed by atoms with E-state index in [-0.39, 0.29) is 17.3 Å². The third-order valence-corrected chi connectivity index (χ3v) is 7.60. The van der Waals surface area contributed by atoms with E-state index in [0.29, 0.717) is 17.9 Å². The molecule has 1 amide bonds. The number of ether oxygens (including phenoxy) is 1. The lowest BCUT2D eigenvalue weighted by molar-refractivity contribution is -0.132. The highest BCUT2D eigenvalue weighted by atomic mass is 16.5. The van der Waals surface area contributed by atoms with E-state index >= 15 is 0 Å². The first-order valence-corrected chi connectivity index (χ1v) is 14.1. The van der Waals surface area contributed by atoms with E-state index in [1.807, 2.05) is 75.4 Å². The molecule has 3 aromatic carbocycles. The Morgan fingerprint density at radius 3 is 2.20 bits per heavy atom. The number of Topliss-reactive ketones (excluding diaryl/α,β-unsaturated/α-hetero) is 1. The van der Waals surface area contributed by atoms with Crippen LogP contribution in [0.3, 0.4) is 0 Å². The topological polar surface area (TPSA) is 70.1 Å². The fourth-order valence-electron chi connectivity index (χ4n) is 5.52. The van der Waals surface area contributed by atoms with Gasteiger partial charge in [0.05, 0.1) is 18.2 Å². The fraction of sp³-hybridized carbons (Fsp3) is 0.353. The molecule has 0 aliphatic carbocycles. The zero-order valence-electron chi connectivity index (χ0n) is 24.6. The molecule has 4 rings (SSSR count). The van der Waals surface area contributed by atoms with Crippen molar-refractivity contribution in [3.8, 4) is 5.75 Å². The van der Waals surface area contributed by atoms with Gasteiger partial charge < -0.3 is 14.7 Å². The molecule has 3 aromatic rings. The second-order valence-electron chi connectivity index (χ2n) is 10.6. The van der Waals surface area contributed by atoms with E-state index in [0.717, 1.165) is 46.8 Å². The SMILES string of the molecule is CCOc1ccc(/C(O)=C2/C(=O)C(=O)N(c3ccc(C)cc3C)C2c2ccc(N(CC)CC)cc2)cc1C(C)C. The highest BCUT2D eigenvalue weighted by molar-refractivity contribution is 6.51. The van der Waals surface area contributed by atoms with Crippen LogP contribution in [0.15, 0.2) is 66.2 Å². The van der Waals surface area contributed by atoms with Gasteiger partial charge in [-0.05, 0) is 93.6 Å². The lowest BCUT2D eigenvalue weighted by Gasteiger charge is -2.28. The van der Waals surface area contributed by atoms with Crippen molar-refractivity contribution < 1.29 is 19.4 Å². The molecule has 0 saturated carbocycles. The van der Waals surface area contributed by atoms with Gasteiger partial charge in [-0.25, -0.2) is 0 Å². The smallest absolute Gasteiger partial charge is 0.300 e. The highest BCUT2D eigenvalue weighted by Crippen LogP contribution is 2.44. The van der Waals surface area contributed by atoms with Gasteiger partial charge in [0.25, 0.3) is 11.7 Å². The number of aliphatic hydroxyl groups excluding tert-OH is 1. The minimum atomic E-state index is -0.777. The number of aryl methyl sites for hydroxylation is 2. The van der Waals surface area contributed by atoms with Crippen LogP contribution in [-0.4, -0.2) is 36.5 Å². The van der Waals surface area contributed by atoms with Gasteiger partial charge in [-0.2, -0.15) is 0 Å². The molecule has 1 atom stereocenters. The summed E-state index contributed by atoms with van der Waals surface area (Å²) in [7, 11) is 0. The number of aliphatic hydroxyl groups is 1. The molecule has 1 saturated heterocycles. The molecule has 1 fully saturated rings. The molecule has 210 valence electrons. The van der Waals surface area contributed by atoms with Crippen LogP contribution in [0.1, 0.15) is 74.4 Å². The van der Waals surface area contributed by atoms with Gasteiger partial charge >= 0.3 is 0 Å². The molecule has 0 radical (unpaired) electrons. The largest absolute Gasteiger partial charge is 0.507 e. The summed E-state index contributed by atoms with van der Waals surface area (Å²) in [4.78, 5) is 31.1. The minimum absolute atomic E-state index is 0.0828. The van der Waals surface area contributed by atoms with E-state index in [4.69, 9.17) is 4.74 Å². The average Bonchev–Trinajstić information content (AvgIpc) is 3.19. The Balaban J connectivity index is 1.93. The number of anilines is 2. The van der Waals surface area contributed by atoms with Gasteiger partial charge in [0.15, 0.2) is 0 Å². The summed E-state index contributed by atoms with van der Waals surface area (Å²) in [6, 6.07) is 18.4. The summed E-state index contributed by atoms with van der Waals surface area (Å²) >= 11 is 0. The van der Waals surface area contributed by atoms with Gasteiger partial charge in [-0.3, -0.25) is 14.5 Å². The Hall–Kier alpha value is -4.06.